The summed E-state index contributed by atoms with van der Waals surface area (Å²) < 4.78 is 5.21. The molecule has 0 bridgehead atoms. The van der Waals surface area contributed by atoms with Gasteiger partial charge in [0.25, 0.3) is 0 Å². The van der Waals surface area contributed by atoms with Gasteiger partial charge in [-0.3, -0.25) is 0 Å². The van der Waals surface area contributed by atoms with Crippen LogP contribution in [0.5, 0.6) is 0 Å². The third kappa shape index (κ3) is 11.5. The first-order chi connectivity index (χ1) is 5.41. The maximum absolute atomic E-state index is 11.8. The molecule has 2 nitrogen and oxygen atoms in total. The summed E-state index contributed by atoms with van der Waals surface area (Å²) in [7, 11) is 0. The Hall–Kier alpha value is 1.44. The summed E-state index contributed by atoms with van der Waals surface area (Å²) in [6.07, 6.45) is 0. The van der Waals surface area contributed by atoms with Crippen LogP contribution in [-0.4, -0.2) is 10.3 Å². The zero-order chi connectivity index (χ0) is 10.9. The molecule has 0 aliphatic carbocycles. The standard InChI is InChI=1S/C8H19O2PS2.Cu/c1-7(2,3)10-11(9,12)13-8(4,5)6;/h1-6H3,(H,9,12);/q;+1/p-1. The van der Waals surface area contributed by atoms with Crippen LogP contribution in [0.1, 0.15) is 41.5 Å². The van der Waals surface area contributed by atoms with Crippen molar-refractivity contribution < 1.29 is 26.5 Å². The van der Waals surface area contributed by atoms with E-state index in [-0.39, 0.29) is 21.8 Å². The summed E-state index contributed by atoms with van der Waals surface area (Å²) in [5.74, 6) is 0. The van der Waals surface area contributed by atoms with Gasteiger partial charge in [-0.1, -0.05) is 32.6 Å². The molecule has 0 heterocycles. The van der Waals surface area contributed by atoms with Gasteiger partial charge in [-0.15, -0.1) is 11.4 Å². The van der Waals surface area contributed by atoms with Crippen molar-refractivity contribution in [3.8, 4) is 0 Å². The molecule has 1 atom stereocenters. The zero-order valence-corrected chi connectivity index (χ0v) is 12.9. The van der Waals surface area contributed by atoms with E-state index in [9.17, 15) is 4.89 Å². The summed E-state index contributed by atoms with van der Waals surface area (Å²) in [4.78, 5) is 11.8. The van der Waals surface area contributed by atoms with E-state index >= 15 is 0 Å². The van der Waals surface area contributed by atoms with Gasteiger partial charge >= 0.3 is 17.1 Å². The van der Waals surface area contributed by atoms with Crippen LogP contribution >= 0.6 is 17.1 Å². The van der Waals surface area contributed by atoms with Crippen molar-refractivity contribution in [1.82, 2.24) is 0 Å². The van der Waals surface area contributed by atoms with Crippen LogP contribution in [0.2, 0.25) is 0 Å². The van der Waals surface area contributed by atoms with Gasteiger partial charge in [0.1, 0.15) is 0 Å². The quantitative estimate of drug-likeness (QED) is 0.580. The predicted molar refractivity (Wildman–Crippen MR) is 62.5 cm³/mol. The van der Waals surface area contributed by atoms with E-state index in [1.165, 1.54) is 11.4 Å². The molecule has 0 aliphatic heterocycles. The van der Waals surface area contributed by atoms with Gasteiger partial charge in [0.15, 0.2) is 0 Å². The molecule has 0 N–H and O–H groups in total. The molecule has 0 aromatic heterocycles. The molecule has 90 valence electrons. The Morgan fingerprint density at radius 3 is 1.71 bits per heavy atom. The number of rotatable bonds is 2. The van der Waals surface area contributed by atoms with Gasteiger partial charge in [-0.05, 0) is 20.8 Å². The Morgan fingerprint density at radius 1 is 1.14 bits per heavy atom. The molecule has 14 heavy (non-hydrogen) atoms. The van der Waals surface area contributed by atoms with Crippen molar-refractivity contribution in [3.05, 3.63) is 0 Å². The Balaban J connectivity index is 0. The first kappa shape index (κ1) is 17.8. The van der Waals surface area contributed by atoms with E-state index < -0.39 is 11.3 Å². The molecular formula is C8H18CuO2PS2. The summed E-state index contributed by atoms with van der Waals surface area (Å²) in [5.41, 5.74) is -3.37. The molecule has 0 aliphatic rings. The molecule has 1 unspecified atom stereocenters. The Bertz CT molecular complexity index is 200. The summed E-state index contributed by atoms with van der Waals surface area (Å²) >= 11 is 6.17. The fraction of sp³-hybridized carbons (Fsp3) is 1.00. The second kappa shape index (κ2) is 5.67. The Morgan fingerprint density at radius 2 is 1.50 bits per heavy atom. The van der Waals surface area contributed by atoms with E-state index in [1.54, 1.807) is 0 Å². The minimum atomic E-state index is -2.94. The molecule has 6 heteroatoms. The van der Waals surface area contributed by atoms with Crippen LogP contribution in [0, 0.1) is 0 Å². The molecule has 0 saturated carbocycles. The van der Waals surface area contributed by atoms with Gasteiger partial charge in [0.05, 0.1) is 5.60 Å². The third-order valence-electron chi connectivity index (χ3n) is 0.771. The van der Waals surface area contributed by atoms with Crippen molar-refractivity contribution >= 4 is 28.9 Å². The van der Waals surface area contributed by atoms with Crippen LogP contribution in [0.4, 0.5) is 0 Å². The van der Waals surface area contributed by atoms with E-state index in [0.717, 1.165) is 0 Å². The SMILES string of the molecule is CC(C)(C)OP([O-])(=S)SC(C)(C)C.[Cu+]. The van der Waals surface area contributed by atoms with Crippen LogP contribution < -0.4 is 4.89 Å². The first-order valence-electron chi connectivity index (χ1n) is 4.14. The van der Waals surface area contributed by atoms with Crippen molar-refractivity contribution in [2.45, 2.75) is 51.9 Å². The van der Waals surface area contributed by atoms with Gasteiger partial charge < -0.3 is 9.42 Å². The predicted octanol–water partition coefficient (Wildman–Crippen LogP) is 2.92. The van der Waals surface area contributed by atoms with E-state index in [4.69, 9.17) is 16.3 Å². The van der Waals surface area contributed by atoms with Crippen LogP contribution in [0.25, 0.3) is 0 Å². The topological polar surface area (TPSA) is 32.3 Å². The Labute approximate surface area is 107 Å². The number of hydrogen-bond donors (Lipinski definition) is 0. The smallest absolute Gasteiger partial charge is 0.793 e. The van der Waals surface area contributed by atoms with Gasteiger partial charge in [0, 0.05) is 10.4 Å². The molecule has 0 rings (SSSR count). The van der Waals surface area contributed by atoms with Crippen molar-refractivity contribution in [1.29, 1.82) is 0 Å². The normalized spacial score (nSPS) is 17.1. The van der Waals surface area contributed by atoms with E-state index in [2.05, 4.69) is 0 Å². The van der Waals surface area contributed by atoms with Crippen LogP contribution in [0.3, 0.4) is 0 Å². The van der Waals surface area contributed by atoms with Crippen molar-refractivity contribution in [2.75, 3.05) is 0 Å². The molecule has 0 saturated heterocycles. The second-order valence-corrected chi connectivity index (χ2v) is 11.5. The monoisotopic (exact) mass is 304 g/mol. The van der Waals surface area contributed by atoms with Gasteiger partial charge in [-0.25, -0.2) is 0 Å². The minimum absolute atomic E-state index is 0. The second-order valence-electron chi connectivity index (χ2n) is 4.85. The van der Waals surface area contributed by atoms with Gasteiger partial charge in [-0.2, -0.15) is 0 Å². The molecule has 0 fully saturated rings. The molecule has 0 amide bonds. The minimum Gasteiger partial charge on any atom is -0.793 e. The fourth-order valence-electron chi connectivity index (χ4n) is 0.689. The van der Waals surface area contributed by atoms with Crippen molar-refractivity contribution in [2.24, 2.45) is 0 Å². The third-order valence-corrected chi connectivity index (χ3v) is 5.75. The molecular weight excluding hydrogens is 287 g/mol. The average Bonchev–Trinajstić information content (AvgIpc) is 1.43. The first-order valence-corrected chi connectivity index (χ1v) is 8.20. The summed E-state index contributed by atoms with van der Waals surface area (Å²) in [6, 6.07) is 0. The molecule has 0 aromatic carbocycles. The summed E-state index contributed by atoms with van der Waals surface area (Å²) in [6.45, 7) is 11.5. The maximum atomic E-state index is 11.8. The summed E-state index contributed by atoms with van der Waals surface area (Å²) in [5, 5.41) is 0. The maximum Gasteiger partial charge on any atom is 1.00 e. The molecule has 0 spiro atoms. The zero-order valence-electron chi connectivity index (χ0n) is 9.38. The average molecular weight is 305 g/mol. The van der Waals surface area contributed by atoms with E-state index in [1.807, 2.05) is 41.5 Å². The van der Waals surface area contributed by atoms with Crippen LogP contribution in [0.15, 0.2) is 0 Å². The molecule has 0 radical (unpaired) electrons. The number of hydrogen-bond acceptors (Lipinski definition) is 4. The van der Waals surface area contributed by atoms with Crippen molar-refractivity contribution in [3.63, 3.8) is 0 Å². The van der Waals surface area contributed by atoms with E-state index in [0.29, 0.717) is 0 Å². The fourth-order valence-corrected chi connectivity index (χ4v) is 7.55. The largest absolute Gasteiger partial charge is 1.00 e. The molecule has 0 aromatic rings. The van der Waals surface area contributed by atoms with Crippen LogP contribution in [-0.2, 0) is 33.4 Å². The Kier molecular flexibility index (Phi) is 7.22. The van der Waals surface area contributed by atoms with Gasteiger partial charge in [0.2, 0.25) is 0 Å².